The number of carbonyl (C=O) groups is 2. The second kappa shape index (κ2) is 6.21. The summed E-state index contributed by atoms with van der Waals surface area (Å²) in [4.78, 5) is 26.3. The molecule has 2 rings (SSSR count). The van der Waals surface area contributed by atoms with E-state index in [1.165, 1.54) is 4.90 Å². The molecule has 2 fully saturated rings. The van der Waals surface area contributed by atoms with Gasteiger partial charge in [0.1, 0.15) is 6.54 Å². The summed E-state index contributed by atoms with van der Waals surface area (Å²) in [6.07, 6.45) is 1.76. The van der Waals surface area contributed by atoms with Crippen molar-refractivity contribution in [2.75, 3.05) is 39.8 Å². The molecule has 1 saturated heterocycles. The first-order valence-electron chi connectivity index (χ1n) is 6.62. The van der Waals surface area contributed by atoms with Gasteiger partial charge in [-0.15, -0.1) is 0 Å². The fraction of sp³-hybridized carbons (Fsp3) is 0.833. The van der Waals surface area contributed by atoms with E-state index in [0.717, 1.165) is 25.9 Å². The zero-order valence-electron chi connectivity index (χ0n) is 11.2. The lowest BCUT2D eigenvalue weighted by Gasteiger charge is -2.30. The Morgan fingerprint density at radius 3 is 2.79 bits per heavy atom. The SMILES string of the molecule is CN1CCOC(CNC(=O)N(CC(=O)O)C2CC2)C1. The number of hydrogen-bond donors (Lipinski definition) is 2. The van der Waals surface area contributed by atoms with Crippen LogP contribution in [-0.4, -0.2) is 78.9 Å². The van der Waals surface area contributed by atoms with Gasteiger partial charge >= 0.3 is 12.0 Å². The molecule has 0 aromatic heterocycles. The van der Waals surface area contributed by atoms with E-state index in [1.54, 1.807) is 0 Å². The topological polar surface area (TPSA) is 82.1 Å². The fourth-order valence-corrected chi connectivity index (χ4v) is 2.19. The molecule has 0 radical (unpaired) electrons. The number of carboxylic acid groups (broad SMARTS) is 1. The number of carbonyl (C=O) groups excluding carboxylic acids is 1. The second-order valence-electron chi connectivity index (χ2n) is 5.19. The lowest BCUT2D eigenvalue weighted by atomic mass is 10.3. The fourth-order valence-electron chi connectivity index (χ4n) is 2.19. The van der Waals surface area contributed by atoms with E-state index >= 15 is 0 Å². The number of aliphatic carboxylic acids is 1. The van der Waals surface area contributed by atoms with Crippen LogP contribution in [0.3, 0.4) is 0 Å². The molecule has 0 bridgehead atoms. The van der Waals surface area contributed by atoms with Crippen LogP contribution in [0.25, 0.3) is 0 Å². The van der Waals surface area contributed by atoms with Gasteiger partial charge in [-0.05, 0) is 19.9 Å². The third kappa shape index (κ3) is 4.36. The summed E-state index contributed by atoms with van der Waals surface area (Å²) in [5.41, 5.74) is 0. The Morgan fingerprint density at radius 1 is 1.47 bits per heavy atom. The summed E-state index contributed by atoms with van der Waals surface area (Å²) in [5, 5.41) is 11.6. The summed E-state index contributed by atoms with van der Waals surface area (Å²) < 4.78 is 5.54. The molecule has 1 aliphatic carbocycles. The molecule has 108 valence electrons. The minimum Gasteiger partial charge on any atom is -0.480 e. The molecule has 1 unspecified atom stereocenters. The van der Waals surface area contributed by atoms with Crippen LogP contribution in [-0.2, 0) is 9.53 Å². The Bertz CT molecular complexity index is 346. The largest absolute Gasteiger partial charge is 0.480 e. The van der Waals surface area contributed by atoms with E-state index in [1.807, 2.05) is 7.05 Å². The summed E-state index contributed by atoms with van der Waals surface area (Å²) >= 11 is 0. The first-order chi connectivity index (χ1) is 9.06. The molecule has 0 aromatic rings. The number of amides is 2. The first-order valence-corrected chi connectivity index (χ1v) is 6.62. The molecule has 1 atom stereocenters. The molecule has 2 N–H and O–H groups in total. The van der Waals surface area contributed by atoms with E-state index in [0.29, 0.717) is 13.2 Å². The van der Waals surface area contributed by atoms with Crippen LogP contribution in [0.1, 0.15) is 12.8 Å². The van der Waals surface area contributed by atoms with Crippen LogP contribution >= 0.6 is 0 Å². The van der Waals surface area contributed by atoms with Crippen molar-refractivity contribution < 1.29 is 19.4 Å². The number of nitrogens with one attached hydrogen (secondary N) is 1. The van der Waals surface area contributed by atoms with Gasteiger partial charge in [-0.1, -0.05) is 0 Å². The molecule has 7 nitrogen and oxygen atoms in total. The van der Waals surface area contributed by atoms with Gasteiger partial charge < -0.3 is 25.0 Å². The third-order valence-electron chi connectivity index (χ3n) is 3.38. The molecule has 2 aliphatic rings. The maximum Gasteiger partial charge on any atom is 0.323 e. The summed E-state index contributed by atoms with van der Waals surface area (Å²) in [6.45, 7) is 2.53. The number of ether oxygens (including phenoxy) is 1. The number of nitrogens with zero attached hydrogens (tertiary/aromatic N) is 2. The van der Waals surface area contributed by atoms with Crippen molar-refractivity contribution in [2.24, 2.45) is 0 Å². The minimum atomic E-state index is -0.976. The van der Waals surface area contributed by atoms with Crippen molar-refractivity contribution in [3.8, 4) is 0 Å². The summed E-state index contributed by atoms with van der Waals surface area (Å²) in [6, 6.07) is -0.215. The van der Waals surface area contributed by atoms with E-state index in [-0.39, 0.29) is 24.7 Å². The molecular weight excluding hydrogens is 250 g/mol. The molecule has 1 saturated carbocycles. The van der Waals surface area contributed by atoms with E-state index in [4.69, 9.17) is 9.84 Å². The van der Waals surface area contributed by atoms with Gasteiger partial charge in [-0.3, -0.25) is 4.79 Å². The Labute approximate surface area is 112 Å². The Morgan fingerprint density at radius 2 is 2.21 bits per heavy atom. The van der Waals surface area contributed by atoms with Gasteiger partial charge in [0.15, 0.2) is 0 Å². The van der Waals surface area contributed by atoms with Gasteiger partial charge in [-0.2, -0.15) is 0 Å². The van der Waals surface area contributed by atoms with Crippen LogP contribution < -0.4 is 5.32 Å². The van der Waals surface area contributed by atoms with Crippen LogP contribution in [0, 0.1) is 0 Å². The molecule has 0 spiro atoms. The Balaban J connectivity index is 1.77. The average molecular weight is 271 g/mol. The zero-order chi connectivity index (χ0) is 13.8. The molecule has 19 heavy (non-hydrogen) atoms. The molecule has 2 amide bonds. The summed E-state index contributed by atoms with van der Waals surface area (Å²) in [7, 11) is 2.01. The predicted molar refractivity (Wildman–Crippen MR) is 68.0 cm³/mol. The second-order valence-corrected chi connectivity index (χ2v) is 5.19. The van der Waals surface area contributed by atoms with Crippen molar-refractivity contribution in [3.05, 3.63) is 0 Å². The van der Waals surface area contributed by atoms with Crippen molar-refractivity contribution in [1.29, 1.82) is 0 Å². The Kier molecular flexibility index (Phi) is 4.60. The van der Waals surface area contributed by atoms with Crippen LogP contribution in [0.4, 0.5) is 4.79 Å². The Hall–Kier alpha value is -1.34. The van der Waals surface area contributed by atoms with Gasteiger partial charge in [0, 0.05) is 25.7 Å². The van der Waals surface area contributed by atoms with Gasteiger partial charge in [-0.25, -0.2) is 4.79 Å². The molecular formula is C12H21N3O4. The van der Waals surface area contributed by atoms with Crippen LogP contribution in [0.5, 0.6) is 0 Å². The zero-order valence-corrected chi connectivity index (χ0v) is 11.2. The number of urea groups is 1. The highest BCUT2D eigenvalue weighted by Crippen LogP contribution is 2.26. The van der Waals surface area contributed by atoms with Gasteiger partial charge in [0.25, 0.3) is 0 Å². The highest BCUT2D eigenvalue weighted by Gasteiger charge is 2.34. The minimum absolute atomic E-state index is 0.0198. The third-order valence-corrected chi connectivity index (χ3v) is 3.38. The standard InChI is InChI=1S/C12H21N3O4/c1-14-4-5-19-10(7-14)6-13-12(18)15(8-11(16)17)9-2-3-9/h9-10H,2-8H2,1H3,(H,13,18)(H,16,17). The first kappa shape index (κ1) is 14.1. The number of hydrogen-bond acceptors (Lipinski definition) is 4. The number of likely N-dealkylation sites (N-methyl/N-ethyl adjacent to an activating group) is 1. The van der Waals surface area contributed by atoms with Crippen LogP contribution in [0.15, 0.2) is 0 Å². The van der Waals surface area contributed by atoms with Crippen molar-refractivity contribution in [3.63, 3.8) is 0 Å². The van der Waals surface area contributed by atoms with Gasteiger partial charge in [0.05, 0.1) is 12.7 Å². The van der Waals surface area contributed by atoms with E-state index < -0.39 is 5.97 Å². The van der Waals surface area contributed by atoms with E-state index in [9.17, 15) is 9.59 Å². The highest BCUT2D eigenvalue weighted by atomic mass is 16.5. The van der Waals surface area contributed by atoms with E-state index in [2.05, 4.69) is 10.2 Å². The van der Waals surface area contributed by atoms with Crippen molar-refractivity contribution >= 4 is 12.0 Å². The van der Waals surface area contributed by atoms with Gasteiger partial charge in [0.2, 0.25) is 0 Å². The molecule has 0 aromatic carbocycles. The maximum absolute atomic E-state index is 12.0. The number of rotatable bonds is 5. The summed E-state index contributed by atoms with van der Waals surface area (Å²) in [5.74, 6) is -0.976. The number of morpholine rings is 1. The average Bonchev–Trinajstić information content (AvgIpc) is 3.17. The van der Waals surface area contributed by atoms with Crippen molar-refractivity contribution in [2.45, 2.75) is 25.0 Å². The molecule has 1 aliphatic heterocycles. The molecule has 7 heteroatoms. The quantitative estimate of drug-likeness (QED) is 0.709. The maximum atomic E-state index is 12.0. The smallest absolute Gasteiger partial charge is 0.323 e. The highest BCUT2D eigenvalue weighted by molar-refractivity contribution is 5.80. The number of carboxylic acids is 1. The molecule has 1 heterocycles. The predicted octanol–water partition coefficient (Wildman–Crippen LogP) is -0.424. The monoisotopic (exact) mass is 271 g/mol. The van der Waals surface area contributed by atoms with Crippen LogP contribution in [0.2, 0.25) is 0 Å². The van der Waals surface area contributed by atoms with Crippen molar-refractivity contribution in [1.82, 2.24) is 15.1 Å². The normalized spacial score (nSPS) is 23.9. The lowest BCUT2D eigenvalue weighted by Crippen LogP contribution is -2.50. The lowest BCUT2D eigenvalue weighted by molar-refractivity contribution is -0.137.